The Labute approximate surface area is 124 Å². The van der Waals surface area contributed by atoms with Crippen LogP contribution in [0, 0.1) is 0 Å². The summed E-state index contributed by atoms with van der Waals surface area (Å²) in [5.74, 6) is 0. The first-order chi connectivity index (χ1) is 9.90. The van der Waals surface area contributed by atoms with Crippen LogP contribution >= 0.6 is 11.3 Å². The van der Waals surface area contributed by atoms with Crippen molar-refractivity contribution in [3.8, 4) is 0 Å². The van der Waals surface area contributed by atoms with Gasteiger partial charge in [0, 0.05) is 56.5 Å². The zero-order chi connectivity index (χ0) is 13.6. The van der Waals surface area contributed by atoms with Gasteiger partial charge in [0.15, 0.2) is 0 Å². The second-order valence-electron chi connectivity index (χ2n) is 5.30. The summed E-state index contributed by atoms with van der Waals surface area (Å²) in [6.07, 6.45) is 4.96. The van der Waals surface area contributed by atoms with Crippen LogP contribution in [0.15, 0.2) is 42.0 Å². The summed E-state index contributed by atoms with van der Waals surface area (Å²) in [4.78, 5) is 10.7. The van der Waals surface area contributed by atoms with Gasteiger partial charge in [0.1, 0.15) is 0 Å². The quantitative estimate of drug-likeness (QED) is 0.842. The van der Waals surface area contributed by atoms with Gasteiger partial charge in [0.05, 0.1) is 0 Å². The standard InChI is InChI=1S/C16H21N3S/c1-2-16(20-13-1)5-8-18-9-11-19(12-10-18)14-15-3-6-17-7-4-15/h1-4,6-7,13H,5,8-12,14H2. The number of thiophene rings is 1. The van der Waals surface area contributed by atoms with Gasteiger partial charge in [-0.2, -0.15) is 0 Å². The highest BCUT2D eigenvalue weighted by atomic mass is 32.1. The Hall–Kier alpha value is -1.23. The van der Waals surface area contributed by atoms with E-state index in [1.807, 2.05) is 23.7 Å². The summed E-state index contributed by atoms with van der Waals surface area (Å²) in [6, 6.07) is 8.61. The van der Waals surface area contributed by atoms with Gasteiger partial charge in [0.2, 0.25) is 0 Å². The number of aromatic nitrogens is 1. The van der Waals surface area contributed by atoms with Gasteiger partial charge in [-0.15, -0.1) is 11.3 Å². The van der Waals surface area contributed by atoms with E-state index in [0.29, 0.717) is 0 Å². The molecule has 0 amide bonds. The van der Waals surface area contributed by atoms with E-state index in [-0.39, 0.29) is 0 Å². The molecule has 4 heteroatoms. The summed E-state index contributed by atoms with van der Waals surface area (Å²) in [5, 5.41) is 2.17. The Morgan fingerprint density at radius 3 is 2.45 bits per heavy atom. The highest BCUT2D eigenvalue weighted by Gasteiger charge is 2.16. The minimum atomic E-state index is 1.06. The van der Waals surface area contributed by atoms with Crippen molar-refractivity contribution < 1.29 is 0 Å². The lowest BCUT2D eigenvalue weighted by atomic mass is 10.2. The smallest absolute Gasteiger partial charge is 0.0271 e. The first kappa shape index (κ1) is 13.7. The van der Waals surface area contributed by atoms with Gasteiger partial charge in [-0.1, -0.05) is 6.07 Å². The van der Waals surface area contributed by atoms with Gasteiger partial charge in [0.25, 0.3) is 0 Å². The van der Waals surface area contributed by atoms with Gasteiger partial charge in [-0.3, -0.25) is 9.88 Å². The highest BCUT2D eigenvalue weighted by Crippen LogP contribution is 2.12. The van der Waals surface area contributed by atoms with Crippen LogP contribution in [0.5, 0.6) is 0 Å². The monoisotopic (exact) mass is 287 g/mol. The SMILES string of the molecule is c1csc(CCN2CCN(Cc3ccncc3)CC2)c1. The van der Waals surface area contributed by atoms with Crippen molar-refractivity contribution in [2.24, 2.45) is 0 Å². The summed E-state index contributed by atoms with van der Waals surface area (Å²) in [7, 11) is 0. The summed E-state index contributed by atoms with van der Waals surface area (Å²) in [5.41, 5.74) is 1.37. The number of rotatable bonds is 5. The van der Waals surface area contributed by atoms with Crippen molar-refractivity contribution in [1.29, 1.82) is 0 Å². The molecule has 0 unspecified atom stereocenters. The maximum absolute atomic E-state index is 4.07. The third-order valence-electron chi connectivity index (χ3n) is 3.87. The van der Waals surface area contributed by atoms with Gasteiger partial charge in [-0.25, -0.2) is 0 Å². The van der Waals surface area contributed by atoms with E-state index in [2.05, 4.69) is 44.4 Å². The first-order valence-electron chi connectivity index (χ1n) is 7.26. The normalized spacial score (nSPS) is 17.4. The molecule has 3 nitrogen and oxygen atoms in total. The first-order valence-corrected chi connectivity index (χ1v) is 8.14. The molecule has 20 heavy (non-hydrogen) atoms. The molecule has 0 spiro atoms. The molecule has 1 fully saturated rings. The molecule has 2 aromatic rings. The van der Waals surface area contributed by atoms with Crippen molar-refractivity contribution in [2.45, 2.75) is 13.0 Å². The second-order valence-corrected chi connectivity index (χ2v) is 6.33. The Morgan fingerprint density at radius 1 is 1.00 bits per heavy atom. The van der Waals surface area contributed by atoms with Crippen molar-refractivity contribution in [3.63, 3.8) is 0 Å². The largest absolute Gasteiger partial charge is 0.300 e. The summed E-state index contributed by atoms with van der Waals surface area (Å²) < 4.78 is 0. The van der Waals surface area contributed by atoms with Crippen molar-refractivity contribution in [3.05, 3.63) is 52.5 Å². The van der Waals surface area contributed by atoms with Crippen LogP contribution in [0.25, 0.3) is 0 Å². The lowest BCUT2D eigenvalue weighted by molar-refractivity contribution is 0.128. The van der Waals surface area contributed by atoms with E-state index in [1.54, 1.807) is 0 Å². The highest BCUT2D eigenvalue weighted by molar-refractivity contribution is 7.09. The zero-order valence-corrected chi connectivity index (χ0v) is 12.6. The number of pyridine rings is 1. The fourth-order valence-electron chi connectivity index (χ4n) is 2.64. The van der Waals surface area contributed by atoms with Crippen LogP contribution in [0.4, 0.5) is 0 Å². The molecule has 2 aromatic heterocycles. The molecule has 0 radical (unpaired) electrons. The molecule has 3 rings (SSSR count). The van der Waals surface area contributed by atoms with Gasteiger partial charge < -0.3 is 4.90 Å². The summed E-state index contributed by atoms with van der Waals surface area (Å²) in [6.45, 7) is 6.98. The topological polar surface area (TPSA) is 19.4 Å². The predicted molar refractivity (Wildman–Crippen MR) is 84.0 cm³/mol. The van der Waals surface area contributed by atoms with E-state index in [9.17, 15) is 0 Å². The Kier molecular flexibility index (Phi) is 4.79. The van der Waals surface area contributed by atoms with Crippen LogP contribution in [0.1, 0.15) is 10.4 Å². The van der Waals surface area contributed by atoms with Crippen LogP contribution in [0.3, 0.4) is 0 Å². The Morgan fingerprint density at radius 2 is 1.75 bits per heavy atom. The molecular formula is C16H21N3S. The molecule has 1 aliphatic rings. The van der Waals surface area contributed by atoms with Crippen LogP contribution in [0.2, 0.25) is 0 Å². The van der Waals surface area contributed by atoms with E-state index in [4.69, 9.17) is 0 Å². The maximum Gasteiger partial charge on any atom is 0.0271 e. The zero-order valence-electron chi connectivity index (χ0n) is 11.7. The third kappa shape index (κ3) is 3.88. The number of nitrogens with zero attached hydrogens (tertiary/aromatic N) is 3. The number of hydrogen-bond donors (Lipinski definition) is 0. The van der Waals surface area contributed by atoms with Crippen molar-refractivity contribution in [1.82, 2.24) is 14.8 Å². The average Bonchev–Trinajstić information content (AvgIpc) is 3.01. The predicted octanol–water partition coefficient (Wildman–Crippen LogP) is 2.50. The fraction of sp³-hybridized carbons (Fsp3) is 0.438. The van der Waals surface area contributed by atoms with Crippen LogP contribution in [-0.2, 0) is 13.0 Å². The van der Waals surface area contributed by atoms with Crippen LogP contribution < -0.4 is 0 Å². The molecule has 3 heterocycles. The van der Waals surface area contributed by atoms with E-state index in [1.165, 1.54) is 49.6 Å². The molecular weight excluding hydrogens is 266 g/mol. The molecule has 0 N–H and O–H groups in total. The maximum atomic E-state index is 4.07. The number of hydrogen-bond acceptors (Lipinski definition) is 4. The second kappa shape index (κ2) is 6.97. The molecule has 0 atom stereocenters. The third-order valence-corrected chi connectivity index (χ3v) is 4.81. The molecule has 0 aromatic carbocycles. The fourth-order valence-corrected chi connectivity index (χ4v) is 3.34. The molecule has 1 aliphatic heterocycles. The number of piperazine rings is 1. The lowest BCUT2D eigenvalue weighted by Crippen LogP contribution is -2.46. The minimum Gasteiger partial charge on any atom is -0.300 e. The lowest BCUT2D eigenvalue weighted by Gasteiger charge is -2.34. The van der Waals surface area contributed by atoms with Crippen LogP contribution in [-0.4, -0.2) is 47.5 Å². The van der Waals surface area contributed by atoms with Crippen molar-refractivity contribution in [2.75, 3.05) is 32.7 Å². The minimum absolute atomic E-state index is 1.06. The molecule has 0 saturated carbocycles. The van der Waals surface area contributed by atoms with Gasteiger partial charge >= 0.3 is 0 Å². The van der Waals surface area contributed by atoms with Crippen molar-refractivity contribution >= 4 is 11.3 Å². The van der Waals surface area contributed by atoms with E-state index < -0.39 is 0 Å². The Balaban J connectivity index is 1.40. The molecule has 106 valence electrons. The molecule has 0 aliphatic carbocycles. The van der Waals surface area contributed by atoms with E-state index >= 15 is 0 Å². The average molecular weight is 287 g/mol. The van der Waals surface area contributed by atoms with E-state index in [0.717, 1.165) is 6.54 Å². The molecule has 0 bridgehead atoms. The molecule has 1 saturated heterocycles. The summed E-state index contributed by atoms with van der Waals surface area (Å²) >= 11 is 1.87. The Bertz CT molecular complexity index is 490. The van der Waals surface area contributed by atoms with Gasteiger partial charge in [-0.05, 0) is 35.6 Å².